The van der Waals surface area contributed by atoms with Gasteiger partial charge in [-0.1, -0.05) is 83.9 Å². The average Bonchev–Trinajstić information content (AvgIpc) is 2.60. The Hall–Kier alpha value is -1.95. The van der Waals surface area contributed by atoms with Crippen molar-refractivity contribution in [3.63, 3.8) is 0 Å². The van der Waals surface area contributed by atoms with E-state index >= 15 is 0 Å². The van der Waals surface area contributed by atoms with Crippen molar-refractivity contribution < 1.29 is 0 Å². The van der Waals surface area contributed by atoms with Gasteiger partial charge in [-0.15, -0.1) is 0 Å². The third-order valence-corrected chi connectivity index (χ3v) is 6.78. The quantitative estimate of drug-likeness (QED) is 0.710. The highest BCUT2D eigenvalue weighted by molar-refractivity contribution is 7.79. The highest BCUT2D eigenvalue weighted by Gasteiger charge is 2.18. The maximum Gasteiger partial charge on any atom is -0.00365 e. The van der Waals surface area contributed by atoms with Gasteiger partial charge >= 0.3 is 0 Å². The molecule has 122 valence electrons. The Balaban J connectivity index is 2.15. The molecule has 0 fully saturated rings. The maximum absolute atomic E-state index is 5.85. The van der Waals surface area contributed by atoms with Crippen LogP contribution in [0.4, 0.5) is 0 Å². The van der Waals surface area contributed by atoms with E-state index in [2.05, 4.69) is 86.6 Å². The van der Waals surface area contributed by atoms with E-state index in [1.54, 1.807) is 0 Å². The standard InChI is InChI=1S/C22H24NP/c1-17-7-11-20(12-8-17)24(21-13-9-18(2)10-14-21)22-6-4-3-5-19(22)15-16-23/h3-14H,15-16,23H2,1-2H3. The molecular formula is C22H24NP. The van der Waals surface area contributed by atoms with Gasteiger partial charge in [-0.05, 0) is 56.2 Å². The summed E-state index contributed by atoms with van der Waals surface area (Å²) in [6.45, 7) is 4.96. The summed E-state index contributed by atoms with van der Waals surface area (Å²) in [6.07, 6.45) is 0.923. The highest BCUT2D eigenvalue weighted by atomic mass is 31.1. The van der Waals surface area contributed by atoms with Crippen molar-refractivity contribution in [1.29, 1.82) is 0 Å². The van der Waals surface area contributed by atoms with Crippen molar-refractivity contribution in [3.05, 3.63) is 89.5 Å². The average molecular weight is 333 g/mol. The zero-order chi connectivity index (χ0) is 16.9. The third kappa shape index (κ3) is 3.75. The Bertz CT molecular complexity index is 745. The van der Waals surface area contributed by atoms with E-state index in [1.165, 1.54) is 32.6 Å². The van der Waals surface area contributed by atoms with Gasteiger partial charge in [0.25, 0.3) is 0 Å². The van der Waals surface area contributed by atoms with Crippen molar-refractivity contribution in [3.8, 4) is 0 Å². The summed E-state index contributed by atoms with van der Waals surface area (Å²) in [4.78, 5) is 0. The monoisotopic (exact) mass is 333 g/mol. The molecule has 0 radical (unpaired) electrons. The minimum atomic E-state index is -0.559. The largest absolute Gasteiger partial charge is 0.330 e. The molecule has 3 rings (SSSR count). The first-order valence-corrected chi connectivity index (χ1v) is 9.74. The van der Waals surface area contributed by atoms with Crippen LogP contribution in [-0.4, -0.2) is 6.54 Å². The summed E-state index contributed by atoms with van der Waals surface area (Å²) in [7, 11) is -0.559. The lowest BCUT2D eigenvalue weighted by atomic mass is 10.1. The second-order valence-corrected chi connectivity index (χ2v) is 8.36. The normalized spacial score (nSPS) is 11.0. The summed E-state index contributed by atoms with van der Waals surface area (Å²) in [5, 5.41) is 4.21. The molecule has 0 aliphatic rings. The van der Waals surface area contributed by atoms with Crippen LogP contribution in [0, 0.1) is 13.8 Å². The lowest BCUT2D eigenvalue weighted by Gasteiger charge is -2.22. The fraction of sp³-hybridized carbons (Fsp3) is 0.182. The van der Waals surface area contributed by atoms with Crippen LogP contribution in [0.1, 0.15) is 16.7 Å². The van der Waals surface area contributed by atoms with Crippen LogP contribution in [0.25, 0.3) is 0 Å². The van der Waals surface area contributed by atoms with Crippen LogP contribution >= 0.6 is 7.92 Å². The predicted octanol–water partition coefficient (Wildman–Crippen LogP) is 3.56. The minimum absolute atomic E-state index is 0.559. The first kappa shape index (κ1) is 16.9. The van der Waals surface area contributed by atoms with Gasteiger partial charge < -0.3 is 5.73 Å². The fourth-order valence-electron chi connectivity index (χ4n) is 2.91. The molecule has 0 aliphatic heterocycles. The van der Waals surface area contributed by atoms with Crippen LogP contribution in [0.2, 0.25) is 0 Å². The number of hydrogen-bond donors (Lipinski definition) is 1. The van der Waals surface area contributed by atoms with Gasteiger partial charge in [0.2, 0.25) is 0 Å². The van der Waals surface area contributed by atoms with Gasteiger partial charge in [0.1, 0.15) is 0 Å². The van der Waals surface area contributed by atoms with Gasteiger partial charge in [-0.25, -0.2) is 0 Å². The first-order valence-electron chi connectivity index (χ1n) is 8.40. The van der Waals surface area contributed by atoms with Gasteiger partial charge in [-0.3, -0.25) is 0 Å². The molecule has 0 saturated heterocycles. The van der Waals surface area contributed by atoms with E-state index in [9.17, 15) is 0 Å². The van der Waals surface area contributed by atoms with E-state index in [1.807, 2.05) is 0 Å². The van der Waals surface area contributed by atoms with Gasteiger partial charge in [0, 0.05) is 0 Å². The minimum Gasteiger partial charge on any atom is -0.330 e. The molecule has 2 heteroatoms. The highest BCUT2D eigenvalue weighted by Crippen LogP contribution is 2.34. The Morgan fingerprint density at radius 3 is 1.71 bits per heavy atom. The molecule has 0 amide bonds. The molecule has 0 spiro atoms. The first-order chi connectivity index (χ1) is 11.7. The molecule has 2 N–H and O–H groups in total. The smallest absolute Gasteiger partial charge is 0.00365 e. The van der Waals surface area contributed by atoms with Crippen molar-refractivity contribution in [1.82, 2.24) is 0 Å². The van der Waals surface area contributed by atoms with Crippen molar-refractivity contribution in [2.75, 3.05) is 6.54 Å². The molecule has 1 nitrogen and oxygen atoms in total. The third-order valence-electron chi connectivity index (χ3n) is 4.23. The van der Waals surface area contributed by atoms with E-state index in [4.69, 9.17) is 5.73 Å². The molecule has 0 unspecified atom stereocenters. The van der Waals surface area contributed by atoms with E-state index in [-0.39, 0.29) is 0 Å². The lowest BCUT2D eigenvalue weighted by molar-refractivity contribution is 0.975. The zero-order valence-corrected chi connectivity index (χ0v) is 15.3. The molecular weight excluding hydrogens is 309 g/mol. The fourth-order valence-corrected chi connectivity index (χ4v) is 5.37. The van der Waals surface area contributed by atoms with Crippen LogP contribution in [-0.2, 0) is 6.42 Å². The van der Waals surface area contributed by atoms with Gasteiger partial charge in [-0.2, -0.15) is 0 Å². The van der Waals surface area contributed by atoms with E-state index in [0.717, 1.165) is 6.42 Å². The van der Waals surface area contributed by atoms with Crippen molar-refractivity contribution in [2.45, 2.75) is 20.3 Å². The second-order valence-electron chi connectivity index (χ2n) is 6.17. The Labute approximate surface area is 146 Å². The summed E-state index contributed by atoms with van der Waals surface area (Å²) in [5.74, 6) is 0. The molecule has 3 aromatic carbocycles. The SMILES string of the molecule is Cc1ccc(P(c2ccc(C)cc2)c2ccccc2CCN)cc1. The number of hydrogen-bond acceptors (Lipinski definition) is 1. The Morgan fingerprint density at radius 1 is 0.708 bits per heavy atom. The van der Waals surface area contributed by atoms with E-state index in [0.29, 0.717) is 6.54 Å². The summed E-state index contributed by atoms with van der Waals surface area (Å²) >= 11 is 0. The number of benzene rings is 3. The summed E-state index contributed by atoms with van der Waals surface area (Å²) < 4.78 is 0. The van der Waals surface area contributed by atoms with E-state index < -0.39 is 7.92 Å². The second kappa shape index (κ2) is 7.75. The molecule has 0 saturated carbocycles. The van der Waals surface area contributed by atoms with Crippen LogP contribution in [0.3, 0.4) is 0 Å². The van der Waals surface area contributed by atoms with Crippen LogP contribution < -0.4 is 21.6 Å². The molecule has 0 aromatic heterocycles. The molecule has 0 heterocycles. The number of aryl methyl sites for hydroxylation is 2. The zero-order valence-electron chi connectivity index (χ0n) is 14.4. The summed E-state index contributed by atoms with van der Waals surface area (Å²) in [6, 6.07) is 26.7. The molecule has 0 aliphatic carbocycles. The Kier molecular flexibility index (Phi) is 5.45. The lowest BCUT2D eigenvalue weighted by Crippen LogP contribution is -2.24. The van der Waals surface area contributed by atoms with Crippen molar-refractivity contribution >= 4 is 23.8 Å². The van der Waals surface area contributed by atoms with Crippen LogP contribution in [0.15, 0.2) is 72.8 Å². The molecule has 0 atom stereocenters. The summed E-state index contributed by atoms with van der Waals surface area (Å²) in [5.41, 5.74) is 9.82. The predicted molar refractivity (Wildman–Crippen MR) is 107 cm³/mol. The van der Waals surface area contributed by atoms with Crippen LogP contribution in [0.5, 0.6) is 0 Å². The maximum atomic E-state index is 5.85. The molecule has 3 aromatic rings. The number of nitrogens with two attached hydrogens (primary N) is 1. The molecule has 0 bridgehead atoms. The molecule has 24 heavy (non-hydrogen) atoms. The van der Waals surface area contributed by atoms with Crippen molar-refractivity contribution in [2.24, 2.45) is 5.73 Å². The van der Waals surface area contributed by atoms with Gasteiger partial charge in [0.05, 0.1) is 0 Å². The number of rotatable bonds is 5. The topological polar surface area (TPSA) is 26.0 Å². The van der Waals surface area contributed by atoms with Gasteiger partial charge in [0.15, 0.2) is 0 Å². The Morgan fingerprint density at radius 2 is 1.21 bits per heavy atom.